The summed E-state index contributed by atoms with van der Waals surface area (Å²) in [5, 5.41) is 0. The van der Waals surface area contributed by atoms with Gasteiger partial charge in [0, 0.05) is 0 Å². The Balaban J connectivity index is 0. The van der Waals surface area contributed by atoms with Crippen LogP contribution in [0.3, 0.4) is 0 Å². The first kappa shape index (κ1) is 33.1. The summed E-state index contributed by atoms with van der Waals surface area (Å²) in [6.07, 6.45) is 14.2. The molecule has 0 atom stereocenters. The maximum atomic E-state index is 4.12. The van der Waals surface area contributed by atoms with E-state index in [9.17, 15) is 0 Å². The maximum Gasteiger partial charge on any atom is 0.0710 e. The second-order valence-electron chi connectivity index (χ2n) is 6.56. The molecule has 0 N–H and O–H groups in total. The molecule has 1 aliphatic rings. The first-order valence-corrected chi connectivity index (χ1v) is 12.7. The molecule has 0 unspecified atom stereocenters. The van der Waals surface area contributed by atoms with Gasteiger partial charge in [-0.1, -0.05) is 146 Å². The van der Waals surface area contributed by atoms with Crippen molar-refractivity contribution in [2.75, 3.05) is 0 Å². The Kier molecular flexibility index (Phi) is 18.8. The van der Waals surface area contributed by atoms with Gasteiger partial charge in [0.15, 0.2) is 0 Å². The molecule has 1 aliphatic carbocycles. The normalized spacial score (nSPS) is 12.5. The Hall–Kier alpha value is -3.12. The van der Waals surface area contributed by atoms with E-state index in [1.165, 1.54) is 27.8 Å². The number of hydrogen-bond acceptors (Lipinski definition) is 0. The number of fused-ring (bicyclic) bond motifs is 3. The van der Waals surface area contributed by atoms with Crippen LogP contribution in [0.5, 0.6) is 0 Å². The zero-order chi connectivity index (χ0) is 26.6. The monoisotopic (exact) mass is 456 g/mol. The second kappa shape index (κ2) is 19.4. The molecule has 0 spiro atoms. The third-order valence-electron chi connectivity index (χ3n) is 4.99. The van der Waals surface area contributed by atoms with Crippen molar-refractivity contribution in [2.45, 2.75) is 67.7 Å². The molecule has 0 amide bonds. The van der Waals surface area contributed by atoms with Crippen molar-refractivity contribution < 1.29 is 0 Å². The number of hydrogen-bond donors (Lipinski definition) is 0. The molecule has 184 valence electrons. The number of allylic oxidation sites excluding steroid dienone is 9. The van der Waals surface area contributed by atoms with Gasteiger partial charge < -0.3 is 0 Å². The van der Waals surface area contributed by atoms with E-state index >= 15 is 0 Å². The van der Waals surface area contributed by atoms with Gasteiger partial charge in [-0.3, -0.25) is 0 Å². The van der Waals surface area contributed by atoms with Crippen molar-refractivity contribution in [3.63, 3.8) is 0 Å². The lowest BCUT2D eigenvalue weighted by molar-refractivity contribution is 0.764. The molecule has 0 aliphatic heterocycles. The van der Waals surface area contributed by atoms with Crippen molar-refractivity contribution in [2.24, 2.45) is 0 Å². The van der Waals surface area contributed by atoms with E-state index < -0.39 is 0 Å². The van der Waals surface area contributed by atoms with Crippen LogP contribution in [0.4, 0.5) is 0 Å². The molecule has 0 heterocycles. The lowest BCUT2D eigenvalue weighted by Crippen LogP contribution is -2.29. The minimum Gasteiger partial charge on any atom is -0.103 e. The lowest BCUT2D eigenvalue weighted by Gasteiger charge is -2.35. The Morgan fingerprint density at radius 3 is 1.41 bits per heavy atom. The van der Waals surface area contributed by atoms with Gasteiger partial charge in [0.1, 0.15) is 0 Å². The summed E-state index contributed by atoms with van der Waals surface area (Å²) < 4.78 is 0. The van der Waals surface area contributed by atoms with Crippen molar-refractivity contribution >= 4 is 0 Å². The van der Waals surface area contributed by atoms with Gasteiger partial charge in [-0.15, -0.1) is 6.58 Å². The van der Waals surface area contributed by atoms with E-state index in [-0.39, 0.29) is 5.41 Å². The Labute approximate surface area is 211 Å². The standard InChI is InChI=1S/C25H24.C3H6.3C2H6/c1-5-13-19(7-3)25(20(8-4)14-6-2)23-17-11-9-15-21(23)22-16-10-12-18-24(22)25;1-3-2;3*1-2/h5-18H,1,3H2,2,4H3;3H,1H2,2H3;3*1-2H3/b14-6-,19-13+,20-8+;;;;. The minimum atomic E-state index is -0.357. The molecule has 0 heteroatoms. The summed E-state index contributed by atoms with van der Waals surface area (Å²) in [6, 6.07) is 17.4. The van der Waals surface area contributed by atoms with Gasteiger partial charge in [-0.2, -0.15) is 0 Å². The second-order valence-corrected chi connectivity index (χ2v) is 6.56. The molecular weight excluding hydrogens is 408 g/mol. The molecule has 3 rings (SSSR count). The molecule has 2 aromatic rings. The summed E-state index contributed by atoms with van der Waals surface area (Å²) in [5.74, 6) is 0. The molecule has 0 saturated carbocycles. The largest absolute Gasteiger partial charge is 0.103 e. The van der Waals surface area contributed by atoms with Crippen LogP contribution in [0.25, 0.3) is 11.1 Å². The quantitative estimate of drug-likeness (QED) is 0.310. The first-order valence-electron chi connectivity index (χ1n) is 12.7. The molecule has 0 fully saturated rings. The topological polar surface area (TPSA) is 0 Å². The van der Waals surface area contributed by atoms with Crippen LogP contribution in [0, 0.1) is 0 Å². The van der Waals surface area contributed by atoms with E-state index in [1.54, 1.807) is 6.08 Å². The summed E-state index contributed by atoms with van der Waals surface area (Å²) in [4.78, 5) is 0. The zero-order valence-corrected chi connectivity index (χ0v) is 23.3. The van der Waals surface area contributed by atoms with Crippen molar-refractivity contribution in [3.05, 3.63) is 133 Å². The smallest absolute Gasteiger partial charge is 0.0710 e. The highest BCUT2D eigenvalue weighted by molar-refractivity contribution is 5.87. The lowest BCUT2D eigenvalue weighted by atomic mass is 9.66. The molecule has 2 aromatic carbocycles. The summed E-state index contributed by atoms with van der Waals surface area (Å²) in [5.41, 5.74) is 7.22. The van der Waals surface area contributed by atoms with Gasteiger partial charge >= 0.3 is 0 Å². The van der Waals surface area contributed by atoms with E-state index in [0.717, 1.165) is 5.57 Å². The van der Waals surface area contributed by atoms with E-state index in [2.05, 4.69) is 106 Å². The van der Waals surface area contributed by atoms with Gasteiger partial charge in [0.05, 0.1) is 5.41 Å². The summed E-state index contributed by atoms with van der Waals surface area (Å²) >= 11 is 0. The average Bonchev–Trinajstić information content (AvgIpc) is 3.21. The van der Waals surface area contributed by atoms with Crippen LogP contribution < -0.4 is 0 Å². The predicted molar refractivity (Wildman–Crippen MR) is 160 cm³/mol. The molecular formula is C34H48. The van der Waals surface area contributed by atoms with Gasteiger partial charge in [0.25, 0.3) is 0 Å². The fourth-order valence-corrected chi connectivity index (χ4v) is 4.11. The molecule has 34 heavy (non-hydrogen) atoms. The Morgan fingerprint density at radius 1 is 0.676 bits per heavy atom. The van der Waals surface area contributed by atoms with E-state index in [1.807, 2.05) is 60.6 Å². The van der Waals surface area contributed by atoms with Crippen molar-refractivity contribution in [1.29, 1.82) is 0 Å². The van der Waals surface area contributed by atoms with Crippen molar-refractivity contribution in [3.8, 4) is 11.1 Å². The number of benzene rings is 2. The average molecular weight is 457 g/mol. The van der Waals surface area contributed by atoms with Crippen LogP contribution in [-0.4, -0.2) is 0 Å². The van der Waals surface area contributed by atoms with Crippen LogP contribution in [0.1, 0.15) is 73.4 Å². The van der Waals surface area contributed by atoms with E-state index in [4.69, 9.17) is 0 Å². The van der Waals surface area contributed by atoms with Crippen LogP contribution in [-0.2, 0) is 5.41 Å². The fraction of sp³-hybridized carbons (Fsp3) is 0.294. The van der Waals surface area contributed by atoms with E-state index in [0.29, 0.717) is 0 Å². The first-order chi connectivity index (χ1) is 16.7. The van der Waals surface area contributed by atoms with Crippen LogP contribution >= 0.6 is 0 Å². The van der Waals surface area contributed by atoms with Gasteiger partial charge in [-0.05, 0) is 54.2 Å². The minimum absolute atomic E-state index is 0.357. The molecule has 0 aromatic heterocycles. The van der Waals surface area contributed by atoms with Crippen LogP contribution in [0.2, 0.25) is 0 Å². The highest BCUT2D eigenvalue weighted by Crippen LogP contribution is 2.56. The van der Waals surface area contributed by atoms with Crippen molar-refractivity contribution in [1.82, 2.24) is 0 Å². The van der Waals surface area contributed by atoms with Gasteiger partial charge in [0.2, 0.25) is 0 Å². The zero-order valence-electron chi connectivity index (χ0n) is 23.3. The Bertz CT molecular complexity index is 902. The molecule has 0 bridgehead atoms. The summed E-state index contributed by atoms with van der Waals surface area (Å²) in [6.45, 7) is 29.5. The fourth-order valence-electron chi connectivity index (χ4n) is 4.11. The van der Waals surface area contributed by atoms with Gasteiger partial charge in [-0.25, -0.2) is 0 Å². The SMILES string of the molecule is C=C/C=C(\C=C)C1(C(/C=C\C)=C/C)c2ccccc2-c2ccccc21.C=CC.CC.CC.CC. The molecule has 0 radical (unpaired) electrons. The third-order valence-corrected chi connectivity index (χ3v) is 4.99. The third kappa shape index (κ3) is 6.94. The highest BCUT2D eigenvalue weighted by atomic mass is 14.5. The molecule has 0 saturated heterocycles. The number of rotatable bonds is 5. The predicted octanol–water partition coefficient (Wildman–Crippen LogP) is 11.0. The summed E-state index contributed by atoms with van der Waals surface area (Å²) in [7, 11) is 0. The highest BCUT2D eigenvalue weighted by Gasteiger charge is 2.46. The molecule has 0 nitrogen and oxygen atoms in total. The maximum absolute atomic E-state index is 4.12. The Morgan fingerprint density at radius 2 is 1.09 bits per heavy atom. The van der Waals surface area contributed by atoms with Crippen LogP contribution in [0.15, 0.2) is 122 Å².